The van der Waals surface area contributed by atoms with Gasteiger partial charge < -0.3 is 126 Å². The number of hydrogen-bond acceptors (Lipinski definition) is 24. The minimum atomic E-state index is -2.80. The van der Waals surface area contributed by atoms with E-state index < -0.39 is 261 Å². The van der Waals surface area contributed by atoms with Crippen LogP contribution in [0.25, 0.3) is 10.9 Å². The first-order valence-corrected chi connectivity index (χ1v) is 37.6. The number of fused-ring (bicyclic) bond motifs is 1. The van der Waals surface area contributed by atoms with E-state index in [9.17, 15) is 121 Å². The van der Waals surface area contributed by atoms with E-state index in [2.05, 4.69) is 65.1 Å². The van der Waals surface area contributed by atoms with Crippen LogP contribution in [0, 0.1) is 5.92 Å². The minimum Gasteiger partial charge on any atom is -0.481 e. The van der Waals surface area contributed by atoms with Gasteiger partial charge in [-0.15, -0.1) is 0 Å². The normalized spacial score (nSPS) is 21.8. The number of benzene rings is 1. The summed E-state index contributed by atoms with van der Waals surface area (Å²) in [6.07, 6.45) is -5.79. The van der Waals surface area contributed by atoms with E-state index in [-0.39, 0.29) is 45.1 Å². The zero-order valence-electron chi connectivity index (χ0n) is 65.5. The molecule has 1 aliphatic rings. The Hall–Kier alpha value is -12.0. The number of carbonyl (C=O) groups excluding carboxylic acids is 16. The van der Waals surface area contributed by atoms with Crippen molar-refractivity contribution in [2.45, 2.75) is 241 Å². The van der Waals surface area contributed by atoms with E-state index in [1.54, 1.807) is 30.5 Å². The third-order valence-electron chi connectivity index (χ3n) is 18.6. The van der Waals surface area contributed by atoms with E-state index in [1.807, 2.05) is 10.6 Å². The number of ether oxygens (including phenoxy) is 2. The van der Waals surface area contributed by atoms with Crippen LogP contribution in [0.2, 0.25) is 0 Å². The number of para-hydroxylation sites is 1. The number of nitrogens with two attached hydrogens (primary N) is 3. The van der Waals surface area contributed by atoms with E-state index in [0.717, 1.165) is 60.1 Å². The van der Waals surface area contributed by atoms with Crippen LogP contribution in [-0.4, -0.2) is 272 Å². The molecule has 1 aromatic carbocycles. The number of methoxy groups -OCH3 is 1. The second-order valence-electron chi connectivity index (χ2n) is 27.9. The predicted molar refractivity (Wildman–Crippen MR) is 404 cm³/mol. The molecule has 3 rings (SSSR count). The number of hydrogen-bond donors (Lipinski definition) is 21. The number of nitrogens with zero attached hydrogens (tertiary/aromatic N) is 1. The number of nitrogens with one attached hydrogen (secondary N) is 13. The first kappa shape index (κ1) is 98.2. The van der Waals surface area contributed by atoms with Gasteiger partial charge in [0.15, 0.2) is 12.2 Å². The molecule has 44 heteroatoms. The molecule has 15 unspecified atom stereocenters. The highest BCUT2D eigenvalue weighted by Gasteiger charge is 2.44. The standard InChI is InChI=1S/C72H109N17O27/c1-8-10-11-12-13-14-15-23-48(91)79-44(29-38-32-76-40-21-17-16-20-39(38)40)65(106)82-43(25-27-52(96)97)64(105)87-56(58(100)60(75)101)69(110)86-55-37(5)116-72(114)54(35(3)9-2)85-63(104)42(24-26-51(94)95)83-66(107)45(30-47(74)90)80-49(92)33-77-68(109)57(59(115-7)71(112)113)88-62(103)41(22-18-19-28-73)81-67(108)46(31-53(98)99)84-61(102)36(4)78-50(93)34-89(6)70(55)111/h16-17,20-21,32,35-37,41-46,54-59,76,100H,8-15,18-19,22-31,33-34,73H2,1-7H3,(H2,74,90)(H2,75,101)(H,77,109)(H,78,93)(H,79,91)(H,80,92)(H,81,108)(H,82,106)(H,83,107)(H,84,102)(H,85,104)(H,86,110)(H,87,105)(H,88,103)(H,94,95)(H,96,97)(H,98,99)(H,112,113). The van der Waals surface area contributed by atoms with Crippen LogP contribution >= 0.6 is 0 Å². The highest BCUT2D eigenvalue weighted by molar-refractivity contribution is 6.02. The first-order valence-electron chi connectivity index (χ1n) is 37.6. The topological polar surface area (TPSA) is 702 Å². The summed E-state index contributed by atoms with van der Waals surface area (Å²) < 4.78 is 10.7. The number of carboxylic acids is 4. The van der Waals surface area contributed by atoms with E-state index in [4.69, 9.17) is 26.7 Å². The lowest BCUT2D eigenvalue weighted by Gasteiger charge is -2.32. The lowest BCUT2D eigenvalue weighted by molar-refractivity contribution is -0.159. The molecule has 2 heterocycles. The number of aromatic amines is 1. The average Bonchev–Trinajstić information content (AvgIpc) is 1.50. The fraction of sp³-hybridized carbons (Fsp3) is 0.611. The lowest BCUT2D eigenvalue weighted by atomic mass is 9.98. The molecule has 0 bridgehead atoms. The molecular weight excluding hydrogens is 1530 g/mol. The second-order valence-corrected chi connectivity index (χ2v) is 27.9. The molecule has 44 nitrogen and oxygen atoms in total. The van der Waals surface area contributed by atoms with Crippen molar-refractivity contribution in [3.05, 3.63) is 36.0 Å². The van der Waals surface area contributed by atoms with Gasteiger partial charge in [-0.2, -0.15) is 0 Å². The molecule has 0 saturated carbocycles. The van der Waals surface area contributed by atoms with Crippen LogP contribution in [-0.2, 0) is 112 Å². The summed E-state index contributed by atoms with van der Waals surface area (Å²) in [5.41, 5.74) is 17.8. The van der Waals surface area contributed by atoms with Gasteiger partial charge in [0, 0.05) is 56.9 Å². The highest BCUT2D eigenvalue weighted by atomic mass is 16.5. The summed E-state index contributed by atoms with van der Waals surface area (Å²) in [6.45, 7) is 4.52. The SMILES string of the molecule is CCCCCCCCCC(=O)NC(Cc1c[nH]c2ccccc12)C(=O)NC(CCC(=O)O)C(=O)NC(C(=O)NC1C(=O)N(C)CC(=O)NC(C)C(=O)NC(CC(=O)O)C(=O)NC(CCCCN)C(=O)NC(C(OC)C(=O)O)C(=O)NCC(=O)NC(CC(N)=O)C(=O)NC(CCC(=O)O)C(=O)NC(C(C)CC)C(=O)OC1C)C(O)C(N)=O. The molecule has 1 aliphatic heterocycles. The van der Waals surface area contributed by atoms with Gasteiger partial charge in [-0.3, -0.25) is 86.3 Å². The molecule has 1 saturated heterocycles. The van der Waals surface area contributed by atoms with Gasteiger partial charge in [-0.1, -0.05) is 83.9 Å². The first-order chi connectivity index (χ1) is 54.7. The number of carboxylic acid groups (broad SMARTS) is 4. The minimum absolute atomic E-state index is 0.00568. The molecule has 24 N–H and O–H groups in total. The summed E-state index contributed by atoms with van der Waals surface area (Å²) in [7, 11) is 1.70. The smallest absolute Gasteiger partial charge is 0.335 e. The van der Waals surface area contributed by atoms with E-state index >= 15 is 0 Å². The lowest BCUT2D eigenvalue weighted by Crippen LogP contribution is -2.64. The summed E-state index contributed by atoms with van der Waals surface area (Å²) in [6, 6.07) is -15.7. The van der Waals surface area contributed by atoms with Gasteiger partial charge in [0.25, 0.3) is 0 Å². The molecule has 644 valence electrons. The van der Waals surface area contributed by atoms with Gasteiger partial charge >= 0.3 is 29.8 Å². The third-order valence-corrected chi connectivity index (χ3v) is 18.6. The van der Waals surface area contributed by atoms with Gasteiger partial charge in [-0.25, -0.2) is 9.59 Å². The van der Waals surface area contributed by atoms with Crippen molar-refractivity contribution in [2.24, 2.45) is 23.1 Å². The quantitative estimate of drug-likeness (QED) is 0.0220. The zero-order valence-corrected chi connectivity index (χ0v) is 65.5. The van der Waals surface area contributed by atoms with Gasteiger partial charge in [0.05, 0.1) is 25.9 Å². The number of aliphatic hydroxyl groups excluding tert-OH is 1. The number of amides is 15. The Morgan fingerprint density at radius 2 is 1.20 bits per heavy atom. The van der Waals surface area contributed by atoms with Crippen molar-refractivity contribution in [3.8, 4) is 0 Å². The van der Waals surface area contributed by atoms with Gasteiger partial charge in [0.1, 0.15) is 72.6 Å². The summed E-state index contributed by atoms with van der Waals surface area (Å²) in [5, 5.41) is 78.0. The molecule has 0 spiro atoms. The number of esters is 1. The maximum Gasteiger partial charge on any atom is 0.335 e. The van der Waals surface area contributed by atoms with Crippen LogP contribution < -0.4 is 81.0 Å². The van der Waals surface area contributed by atoms with Crippen molar-refractivity contribution >= 4 is 129 Å². The van der Waals surface area contributed by atoms with Crippen LogP contribution in [0.4, 0.5) is 0 Å². The van der Waals surface area contributed by atoms with Crippen molar-refractivity contribution < 1.29 is 131 Å². The molecule has 15 amide bonds. The molecule has 1 fully saturated rings. The number of primary amides is 2. The van der Waals surface area contributed by atoms with Crippen LogP contribution in [0.15, 0.2) is 30.5 Å². The Balaban J connectivity index is 2.28. The second kappa shape index (κ2) is 49.6. The van der Waals surface area contributed by atoms with Crippen LogP contribution in [0.1, 0.15) is 156 Å². The summed E-state index contributed by atoms with van der Waals surface area (Å²) in [5.74, 6) is -29.5. The Labute approximate surface area is 665 Å². The number of H-pyrrole nitrogens is 1. The maximum atomic E-state index is 15.0. The van der Waals surface area contributed by atoms with Crippen LogP contribution in [0.5, 0.6) is 0 Å². The van der Waals surface area contributed by atoms with E-state index in [1.165, 1.54) is 13.8 Å². The number of rotatable bonds is 38. The number of cyclic esters (lactones) is 1. The number of carbonyl (C=O) groups is 20. The monoisotopic (exact) mass is 1640 g/mol. The highest BCUT2D eigenvalue weighted by Crippen LogP contribution is 2.21. The molecule has 0 radical (unpaired) electrons. The van der Waals surface area contributed by atoms with Gasteiger partial charge in [0.2, 0.25) is 88.6 Å². The summed E-state index contributed by atoms with van der Waals surface area (Å²) >= 11 is 0. The predicted octanol–water partition coefficient (Wildman–Crippen LogP) is -6.08. The molecule has 2 aromatic rings. The van der Waals surface area contributed by atoms with Crippen molar-refractivity contribution in [1.29, 1.82) is 0 Å². The zero-order chi connectivity index (χ0) is 87.2. The Kier molecular flexibility index (Phi) is 42.0. The van der Waals surface area contributed by atoms with Gasteiger partial charge in [-0.05, 0) is 76.5 Å². The number of aliphatic hydroxyl groups is 1. The molecule has 0 aliphatic carbocycles. The number of aromatic nitrogens is 1. The average molecular weight is 1640 g/mol. The number of aliphatic carboxylic acids is 4. The van der Waals surface area contributed by atoms with E-state index in [0.29, 0.717) is 34.2 Å². The molecule has 116 heavy (non-hydrogen) atoms. The summed E-state index contributed by atoms with van der Waals surface area (Å²) in [4.78, 5) is 277. The van der Waals surface area contributed by atoms with Crippen LogP contribution in [0.3, 0.4) is 0 Å². The number of likely N-dealkylation sites (N-methyl/N-ethyl adjacent to an activating group) is 1. The van der Waals surface area contributed by atoms with Crippen molar-refractivity contribution in [2.75, 3.05) is 33.8 Å². The maximum absolute atomic E-state index is 15.0. The number of unbranched alkanes of at least 4 members (excludes halogenated alkanes) is 7. The molecular formula is C72H109N17O27. The van der Waals surface area contributed by atoms with Crippen molar-refractivity contribution in [3.63, 3.8) is 0 Å². The van der Waals surface area contributed by atoms with Crippen molar-refractivity contribution in [1.82, 2.24) is 73.7 Å². The fourth-order valence-electron chi connectivity index (χ4n) is 11.9. The molecule has 1 aromatic heterocycles. The Morgan fingerprint density at radius 1 is 0.621 bits per heavy atom. The Bertz CT molecular complexity index is 3840. The third kappa shape index (κ3) is 33.2. The molecule has 15 atom stereocenters. The Morgan fingerprint density at radius 3 is 1.78 bits per heavy atom. The fourth-order valence-corrected chi connectivity index (χ4v) is 11.9. The largest absolute Gasteiger partial charge is 0.481 e.